The molecule has 2 aromatic rings. The first-order valence-electron chi connectivity index (χ1n) is 7.06. The maximum atomic E-state index is 13.6. The molecule has 2 rings (SSSR count). The highest BCUT2D eigenvalue weighted by Gasteiger charge is 2.17. The summed E-state index contributed by atoms with van der Waals surface area (Å²) < 4.78 is 23.3. The summed E-state index contributed by atoms with van der Waals surface area (Å²) in [6.45, 7) is -0.693. The molecule has 0 fully saturated rings. The van der Waals surface area contributed by atoms with Crippen molar-refractivity contribution in [1.82, 2.24) is 0 Å². The van der Waals surface area contributed by atoms with Gasteiger partial charge in [0.1, 0.15) is 11.6 Å². The minimum atomic E-state index is -1.04. The van der Waals surface area contributed by atoms with Crippen molar-refractivity contribution in [1.29, 1.82) is 0 Å². The molecule has 0 saturated heterocycles. The highest BCUT2D eigenvalue weighted by atomic mass is 35.5. The van der Waals surface area contributed by atoms with Gasteiger partial charge in [0.05, 0.1) is 29.4 Å². The van der Waals surface area contributed by atoms with Gasteiger partial charge in [-0.25, -0.2) is 9.18 Å². The number of carbonyl (C=O) groups excluding carboxylic acids is 2. The second-order valence-corrected chi connectivity index (χ2v) is 5.33. The maximum absolute atomic E-state index is 13.6. The third-order valence-corrected chi connectivity index (χ3v) is 3.39. The second-order valence-electron chi connectivity index (χ2n) is 4.89. The van der Waals surface area contributed by atoms with Crippen molar-refractivity contribution >= 4 is 34.9 Å². The highest BCUT2D eigenvalue weighted by molar-refractivity contribution is 6.30. The lowest BCUT2D eigenvalue weighted by molar-refractivity contribution is -0.384. The molecule has 2 aromatic carbocycles. The molecular weight excluding hydrogens is 371 g/mol. The van der Waals surface area contributed by atoms with Crippen molar-refractivity contribution < 1.29 is 28.4 Å². The molecule has 26 heavy (non-hydrogen) atoms. The zero-order chi connectivity index (χ0) is 19.3. The largest absolute Gasteiger partial charge is 0.494 e. The van der Waals surface area contributed by atoms with Crippen LogP contribution in [0.4, 0.5) is 15.8 Å². The van der Waals surface area contributed by atoms with Crippen molar-refractivity contribution in [3.8, 4) is 5.75 Å². The molecule has 0 aromatic heterocycles. The minimum Gasteiger partial charge on any atom is -0.494 e. The number of nitrogens with one attached hydrogen (secondary N) is 1. The van der Waals surface area contributed by atoms with Crippen molar-refractivity contribution in [3.63, 3.8) is 0 Å². The lowest BCUT2D eigenvalue weighted by Crippen LogP contribution is -2.21. The van der Waals surface area contributed by atoms with Crippen LogP contribution in [0.5, 0.6) is 5.75 Å². The smallest absolute Gasteiger partial charge is 0.341 e. The van der Waals surface area contributed by atoms with E-state index in [4.69, 9.17) is 21.1 Å². The van der Waals surface area contributed by atoms with Gasteiger partial charge in [-0.05, 0) is 24.3 Å². The Bertz CT molecular complexity index is 874. The van der Waals surface area contributed by atoms with Gasteiger partial charge in [-0.1, -0.05) is 11.6 Å². The summed E-state index contributed by atoms with van der Waals surface area (Å²) >= 11 is 5.59. The van der Waals surface area contributed by atoms with Crippen LogP contribution in [0.3, 0.4) is 0 Å². The van der Waals surface area contributed by atoms with Crippen LogP contribution in [0.1, 0.15) is 10.4 Å². The Kier molecular flexibility index (Phi) is 6.07. The quantitative estimate of drug-likeness (QED) is 0.467. The van der Waals surface area contributed by atoms with E-state index in [9.17, 15) is 24.1 Å². The second kappa shape index (κ2) is 8.26. The van der Waals surface area contributed by atoms with Gasteiger partial charge in [0, 0.05) is 11.1 Å². The molecule has 0 atom stereocenters. The Labute approximate surface area is 151 Å². The number of nitrogens with zero attached hydrogens (tertiary/aromatic N) is 1. The summed E-state index contributed by atoms with van der Waals surface area (Å²) in [6, 6.07) is 6.97. The Hall–Kier alpha value is -3.20. The predicted octanol–water partition coefficient (Wildman–Crippen LogP) is 3.19. The number of anilines is 1. The molecule has 0 radical (unpaired) electrons. The minimum absolute atomic E-state index is 0.0580. The summed E-state index contributed by atoms with van der Waals surface area (Å²) in [5, 5.41) is 13.2. The molecule has 0 bridgehead atoms. The number of esters is 1. The molecule has 0 heterocycles. The SMILES string of the molecule is COc1cc([N+](=O)[O-])ccc1NC(=O)COC(=O)c1ccc(Cl)cc1F. The van der Waals surface area contributed by atoms with Crippen LogP contribution in [0.15, 0.2) is 36.4 Å². The molecule has 0 unspecified atom stereocenters. The van der Waals surface area contributed by atoms with Gasteiger partial charge in [-0.3, -0.25) is 14.9 Å². The molecule has 0 spiro atoms. The molecule has 1 N–H and O–H groups in total. The monoisotopic (exact) mass is 382 g/mol. The maximum Gasteiger partial charge on any atom is 0.341 e. The van der Waals surface area contributed by atoms with E-state index in [-0.39, 0.29) is 27.7 Å². The fourth-order valence-corrected chi connectivity index (χ4v) is 2.11. The predicted molar refractivity (Wildman–Crippen MR) is 90.0 cm³/mol. The van der Waals surface area contributed by atoms with Crippen LogP contribution >= 0.6 is 11.6 Å². The van der Waals surface area contributed by atoms with Gasteiger partial charge in [-0.2, -0.15) is 0 Å². The fraction of sp³-hybridized carbons (Fsp3) is 0.125. The molecule has 0 aliphatic carbocycles. The number of nitro benzene ring substituents is 1. The van der Waals surface area contributed by atoms with E-state index >= 15 is 0 Å². The number of hydrogen-bond donors (Lipinski definition) is 1. The van der Waals surface area contributed by atoms with Crippen molar-refractivity contribution in [3.05, 3.63) is 62.9 Å². The van der Waals surface area contributed by atoms with E-state index in [0.29, 0.717) is 0 Å². The van der Waals surface area contributed by atoms with Crippen molar-refractivity contribution in [2.45, 2.75) is 0 Å². The molecular formula is C16H12ClFN2O6. The number of rotatable bonds is 6. The van der Waals surface area contributed by atoms with Gasteiger partial charge < -0.3 is 14.8 Å². The lowest BCUT2D eigenvalue weighted by atomic mass is 10.2. The van der Waals surface area contributed by atoms with E-state index in [1.807, 2.05) is 0 Å². The number of benzene rings is 2. The number of hydrogen-bond acceptors (Lipinski definition) is 6. The molecule has 8 nitrogen and oxygen atoms in total. The molecule has 136 valence electrons. The Morgan fingerprint density at radius 1 is 1.27 bits per heavy atom. The molecule has 10 heteroatoms. The first kappa shape index (κ1) is 19.1. The summed E-state index contributed by atoms with van der Waals surface area (Å²) in [4.78, 5) is 33.8. The third kappa shape index (κ3) is 4.67. The number of nitro groups is 1. The highest BCUT2D eigenvalue weighted by Crippen LogP contribution is 2.28. The topological polar surface area (TPSA) is 108 Å². The Morgan fingerprint density at radius 3 is 2.62 bits per heavy atom. The molecule has 0 aliphatic rings. The van der Waals surface area contributed by atoms with Crippen molar-refractivity contribution in [2.75, 3.05) is 19.0 Å². The van der Waals surface area contributed by atoms with Crippen molar-refractivity contribution in [2.24, 2.45) is 0 Å². The van der Waals surface area contributed by atoms with Crippen LogP contribution in [-0.4, -0.2) is 30.5 Å². The van der Waals surface area contributed by atoms with Crippen LogP contribution in [0.25, 0.3) is 0 Å². The number of non-ortho nitro benzene ring substituents is 1. The van der Waals surface area contributed by atoms with Crippen LogP contribution in [-0.2, 0) is 9.53 Å². The van der Waals surface area contributed by atoms with E-state index in [2.05, 4.69) is 5.32 Å². The number of amides is 1. The average Bonchev–Trinajstić information content (AvgIpc) is 2.59. The standard InChI is InChI=1S/C16H12ClFN2O6/c1-25-14-7-10(20(23)24)3-5-13(14)19-15(21)8-26-16(22)11-4-2-9(17)6-12(11)18/h2-7H,8H2,1H3,(H,19,21). The van der Waals surface area contributed by atoms with Crippen LogP contribution in [0, 0.1) is 15.9 Å². The van der Waals surface area contributed by atoms with E-state index < -0.39 is 29.2 Å². The first-order valence-corrected chi connectivity index (χ1v) is 7.44. The zero-order valence-electron chi connectivity index (χ0n) is 13.3. The number of halogens is 2. The molecule has 0 saturated carbocycles. The lowest BCUT2D eigenvalue weighted by Gasteiger charge is -2.10. The van der Waals surface area contributed by atoms with Crippen LogP contribution < -0.4 is 10.1 Å². The zero-order valence-corrected chi connectivity index (χ0v) is 14.1. The molecule has 1 amide bonds. The number of methoxy groups -OCH3 is 1. The molecule has 0 aliphatic heterocycles. The van der Waals surface area contributed by atoms with E-state index in [0.717, 1.165) is 18.2 Å². The van der Waals surface area contributed by atoms with Gasteiger partial charge in [-0.15, -0.1) is 0 Å². The number of ether oxygens (including phenoxy) is 2. The Morgan fingerprint density at radius 2 is 2.00 bits per heavy atom. The summed E-state index contributed by atoms with van der Waals surface area (Å²) in [5.41, 5.74) is -0.434. The van der Waals surface area contributed by atoms with Gasteiger partial charge in [0.2, 0.25) is 0 Å². The Balaban J connectivity index is 2.00. The van der Waals surface area contributed by atoms with Gasteiger partial charge >= 0.3 is 5.97 Å². The first-order chi connectivity index (χ1) is 12.3. The number of carbonyl (C=O) groups is 2. The van der Waals surface area contributed by atoms with E-state index in [1.54, 1.807) is 0 Å². The fourth-order valence-electron chi connectivity index (χ4n) is 1.95. The van der Waals surface area contributed by atoms with Gasteiger partial charge in [0.25, 0.3) is 11.6 Å². The van der Waals surface area contributed by atoms with E-state index in [1.165, 1.54) is 25.3 Å². The van der Waals surface area contributed by atoms with Gasteiger partial charge in [0.15, 0.2) is 6.61 Å². The summed E-state index contributed by atoms with van der Waals surface area (Å²) in [6.07, 6.45) is 0. The third-order valence-electron chi connectivity index (χ3n) is 3.16. The summed E-state index contributed by atoms with van der Waals surface area (Å²) in [7, 11) is 1.28. The van der Waals surface area contributed by atoms with Crippen LogP contribution in [0.2, 0.25) is 5.02 Å². The average molecular weight is 383 g/mol. The normalized spacial score (nSPS) is 10.1. The summed E-state index contributed by atoms with van der Waals surface area (Å²) in [5.74, 6) is -2.59.